The zero-order valence-electron chi connectivity index (χ0n) is 6.98. The molecule has 0 atom stereocenters. The van der Waals surface area contributed by atoms with Crippen molar-refractivity contribution >= 4 is 12.7 Å². The topological polar surface area (TPSA) is 43.2 Å². The summed E-state index contributed by atoms with van der Waals surface area (Å²) in [5.74, 6) is 0. The van der Waals surface area contributed by atoms with Gasteiger partial charge in [-0.1, -0.05) is 0 Å². The quantitative estimate of drug-likeness (QED) is 0.552. The molecule has 0 unspecified atom stereocenters. The fourth-order valence-electron chi connectivity index (χ4n) is 1.38. The van der Waals surface area contributed by atoms with Gasteiger partial charge in [0.25, 0.3) is 0 Å². The summed E-state index contributed by atoms with van der Waals surface area (Å²) in [7, 11) is 0. The van der Waals surface area contributed by atoms with Crippen molar-refractivity contribution in [1.29, 1.82) is 0 Å². The average molecular weight is 167 g/mol. The van der Waals surface area contributed by atoms with E-state index >= 15 is 0 Å². The molecule has 12 heavy (non-hydrogen) atoms. The minimum Gasteiger partial charge on any atom is -0.314 e. The van der Waals surface area contributed by atoms with Crippen molar-refractivity contribution in [2.45, 2.75) is 0 Å². The van der Waals surface area contributed by atoms with Gasteiger partial charge in [-0.3, -0.25) is 10.0 Å². The van der Waals surface area contributed by atoms with Crippen LogP contribution in [-0.2, 0) is 0 Å². The van der Waals surface area contributed by atoms with E-state index < -0.39 is 0 Å². The number of nitrogens with zero attached hydrogens (tertiary/aromatic N) is 4. The summed E-state index contributed by atoms with van der Waals surface area (Å²) in [6.45, 7) is 4.90. The maximum Gasteiger partial charge on any atom is 0.127 e. The molecule has 5 heteroatoms. The molecule has 0 saturated carbocycles. The third-order valence-electron chi connectivity index (χ3n) is 2.03. The van der Waals surface area contributed by atoms with E-state index in [1.54, 1.807) is 6.34 Å². The van der Waals surface area contributed by atoms with Crippen molar-refractivity contribution in [3.63, 3.8) is 0 Å². The van der Waals surface area contributed by atoms with Crippen LogP contribution in [0.1, 0.15) is 0 Å². The van der Waals surface area contributed by atoms with Crippen molar-refractivity contribution in [1.82, 2.24) is 15.3 Å². The Bertz CT molecular complexity index is 194. The van der Waals surface area contributed by atoms with Crippen LogP contribution in [0.25, 0.3) is 0 Å². The number of hydrogen-bond donors (Lipinski definition) is 1. The third-order valence-corrected chi connectivity index (χ3v) is 2.03. The molecule has 0 aliphatic carbocycles. The minimum absolute atomic E-state index is 0.712. The van der Waals surface area contributed by atoms with Crippen LogP contribution in [-0.4, -0.2) is 55.5 Å². The normalized spacial score (nSPS) is 24.8. The molecule has 0 aromatic heterocycles. The SMILES string of the molecule is C1=NC=NCN1N1CCNCC1. The maximum atomic E-state index is 4.07. The maximum absolute atomic E-state index is 4.07. The van der Waals surface area contributed by atoms with Crippen molar-refractivity contribution in [3.05, 3.63) is 0 Å². The van der Waals surface area contributed by atoms with Crippen LogP contribution in [0.3, 0.4) is 0 Å². The fraction of sp³-hybridized carbons (Fsp3) is 0.714. The van der Waals surface area contributed by atoms with E-state index in [9.17, 15) is 0 Å². The molecule has 2 heterocycles. The van der Waals surface area contributed by atoms with Gasteiger partial charge >= 0.3 is 0 Å². The molecule has 2 aliphatic rings. The summed E-state index contributed by atoms with van der Waals surface area (Å²) >= 11 is 0. The molecular weight excluding hydrogens is 154 g/mol. The molecule has 5 nitrogen and oxygen atoms in total. The lowest BCUT2D eigenvalue weighted by atomic mass is 10.4. The molecule has 1 N–H and O–H groups in total. The first-order valence-corrected chi connectivity index (χ1v) is 4.20. The van der Waals surface area contributed by atoms with E-state index in [2.05, 4.69) is 25.3 Å². The van der Waals surface area contributed by atoms with Crippen LogP contribution < -0.4 is 5.32 Å². The zero-order valence-corrected chi connectivity index (χ0v) is 6.98. The van der Waals surface area contributed by atoms with Gasteiger partial charge in [0.05, 0.1) is 0 Å². The van der Waals surface area contributed by atoms with Gasteiger partial charge in [0.1, 0.15) is 19.3 Å². The Morgan fingerprint density at radius 2 is 2.08 bits per heavy atom. The Labute approximate surface area is 71.7 Å². The summed E-state index contributed by atoms with van der Waals surface area (Å²) in [4.78, 5) is 8.06. The van der Waals surface area contributed by atoms with Gasteiger partial charge in [0.15, 0.2) is 0 Å². The summed E-state index contributed by atoms with van der Waals surface area (Å²) < 4.78 is 0. The van der Waals surface area contributed by atoms with Crippen molar-refractivity contribution in [3.8, 4) is 0 Å². The Balaban J connectivity index is 1.90. The third kappa shape index (κ3) is 1.62. The van der Waals surface area contributed by atoms with E-state index in [-0.39, 0.29) is 0 Å². The highest BCUT2D eigenvalue weighted by Crippen LogP contribution is 1.99. The van der Waals surface area contributed by atoms with Crippen LogP contribution in [0.15, 0.2) is 9.98 Å². The van der Waals surface area contributed by atoms with Crippen LogP contribution in [0, 0.1) is 0 Å². The molecule has 0 aromatic rings. The van der Waals surface area contributed by atoms with Gasteiger partial charge in [-0.15, -0.1) is 0 Å². The first kappa shape index (κ1) is 7.70. The fourth-order valence-corrected chi connectivity index (χ4v) is 1.38. The molecule has 0 aromatic carbocycles. The summed E-state index contributed by atoms with van der Waals surface area (Å²) in [5, 5.41) is 7.62. The number of hydrazine groups is 1. The second-order valence-electron chi connectivity index (χ2n) is 2.85. The molecule has 0 spiro atoms. The van der Waals surface area contributed by atoms with Crippen LogP contribution in [0.2, 0.25) is 0 Å². The van der Waals surface area contributed by atoms with Crippen molar-refractivity contribution in [2.24, 2.45) is 9.98 Å². The number of nitrogens with one attached hydrogen (secondary N) is 1. The predicted molar refractivity (Wildman–Crippen MR) is 48.1 cm³/mol. The van der Waals surface area contributed by atoms with Gasteiger partial charge in [-0.05, 0) is 0 Å². The highest BCUT2D eigenvalue weighted by molar-refractivity contribution is 5.72. The molecule has 0 bridgehead atoms. The standard InChI is InChI=1S/C7H13N5/c1-3-11(4-2-8-1)12-6-9-5-10-7-12/h5-6,8H,1-4,7H2. The second-order valence-corrected chi connectivity index (χ2v) is 2.85. The number of hydrogen-bond acceptors (Lipinski definition) is 5. The Morgan fingerprint density at radius 1 is 1.25 bits per heavy atom. The van der Waals surface area contributed by atoms with E-state index in [0.29, 0.717) is 6.67 Å². The molecule has 0 radical (unpaired) electrons. The van der Waals surface area contributed by atoms with E-state index in [1.165, 1.54) is 0 Å². The largest absolute Gasteiger partial charge is 0.314 e. The highest BCUT2D eigenvalue weighted by atomic mass is 15.7. The Hall–Kier alpha value is -0.940. The Kier molecular flexibility index (Phi) is 2.33. The van der Waals surface area contributed by atoms with Crippen molar-refractivity contribution in [2.75, 3.05) is 32.8 Å². The number of aliphatic imine (C=N–C) groups is 2. The van der Waals surface area contributed by atoms with E-state index in [0.717, 1.165) is 26.2 Å². The number of piperazine rings is 1. The summed E-state index contributed by atoms with van der Waals surface area (Å²) in [5.41, 5.74) is 0. The molecule has 1 fully saturated rings. The molecular formula is C7H13N5. The average Bonchev–Trinajstić information content (AvgIpc) is 2.21. The number of rotatable bonds is 1. The monoisotopic (exact) mass is 167 g/mol. The van der Waals surface area contributed by atoms with Crippen LogP contribution >= 0.6 is 0 Å². The van der Waals surface area contributed by atoms with Gasteiger partial charge < -0.3 is 5.32 Å². The Morgan fingerprint density at radius 3 is 2.75 bits per heavy atom. The highest BCUT2D eigenvalue weighted by Gasteiger charge is 2.15. The second kappa shape index (κ2) is 3.64. The lowest BCUT2D eigenvalue weighted by molar-refractivity contribution is 0.0391. The molecule has 1 saturated heterocycles. The minimum atomic E-state index is 0.712. The zero-order chi connectivity index (χ0) is 8.23. The smallest absolute Gasteiger partial charge is 0.127 e. The van der Waals surface area contributed by atoms with Gasteiger partial charge in [-0.25, -0.2) is 10.0 Å². The van der Waals surface area contributed by atoms with Gasteiger partial charge in [0.2, 0.25) is 0 Å². The summed E-state index contributed by atoms with van der Waals surface area (Å²) in [6.07, 6.45) is 3.43. The first-order valence-electron chi connectivity index (χ1n) is 4.20. The lowest BCUT2D eigenvalue weighted by Crippen LogP contribution is -2.52. The molecule has 0 amide bonds. The van der Waals surface area contributed by atoms with Gasteiger partial charge in [0, 0.05) is 26.2 Å². The van der Waals surface area contributed by atoms with E-state index in [1.807, 2.05) is 6.34 Å². The first-order chi connectivity index (χ1) is 5.97. The molecule has 2 rings (SSSR count). The van der Waals surface area contributed by atoms with E-state index in [4.69, 9.17) is 0 Å². The van der Waals surface area contributed by atoms with Crippen LogP contribution in [0.5, 0.6) is 0 Å². The summed E-state index contributed by atoms with van der Waals surface area (Å²) in [6, 6.07) is 0. The lowest BCUT2D eigenvalue weighted by Gasteiger charge is -2.35. The molecule has 66 valence electrons. The molecule has 2 aliphatic heterocycles. The van der Waals surface area contributed by atoms with Gasteiger partial charge in [-0.2, -0.15) is 0 Å². The predicted octanol–water partition coefficient (Wildman–Crippen LogP) is -0.864. The van der Waals surface area contributed by atoms with Crippen LogP contribution in [0.4, 0.5) is 0 Å². The van der Waals surface area contributed by atoms with Crippen molar-refractivity contribution < 1.29 is 0 Å².